The Balaban J connectivity index is 2.16. The van der Waals surface area contributed by atoms with Crippen molar-refractivity contribution in [2.45, 2.75) is 31.2 Å². The van der Waals surface area contributed by atoms with E-state index in [1.54, 1.807) is 0 Å². The first-order chi connectivity index (χ1) is 8.10. The Labute approximate surface area is 106 Å². The second-order valence-electron chi connectivity index (χ2n) is 5.01. The van der Waals surface area contributed by atoms with Crippen molar-refractivity contribution >= 4 is 22.5 Å². The number of benzene rings is 1. The number of nitrogens with two attached hydrogens (primary N) is 1. The van der Waals surface area contributed by atoms with E-state index in [0.717, 1.165) is 23.7 Å². The summed E-state index contributed by atoms with van der Waals surface area (Å²) in [6.45, 7) is 0. The molecule has 3 rings (SSSR count). The fraction of sp³-hybridized carbons (Fsp3) is 0.462. The van der Waals surface area contributed by atoms with Gasteiger partial charge in [0.2, 0.25) is 0 Å². The number of fused-ring (bicyclic) bond motifs is 1. The SMILES string of the molecule is Cn1nc(Cl)c2ccc(C3(N)CCCC3)cc21. The molecule has 1 aromatic heterocycles. The van der Waals surface area contributed by atoms with Gasteiger partial charge in [0.25, 0.3) is 0 Å². The lowest BCUT2D eigenvalue weighted by atomic mass is 9.89. The minimum absolute atomic E-state index is 0.148. The van der Waals surface area contributed by atoms with E-state index in [1.807, 2.05) is 17.8 Å². The first-order valence-electron chi connectivity index (χ1n) is 6.02. The van der Waals surface area contributed by atoms with Crippen LogP contribution in [0.15, 0.2) is 18.2 Å². The molecule has 3 nitrogen and oxygen atoms in total. The molecule has 0 atom stereocenters. The summed E-state index contributed by atoms with van der Waals surface area (Å²) < 4.78 is 1.82. The van der Waals surface area contributed by atoms with E-state index >= 15 is 0 Å². The van der Waals surface area contributed by atoms with E-state index in [-0.39, 0.29) is 5.54 Å². The first kappa shape index (κ1) is 11.1. The summed E-state index contributed by atoms with van der Waals surface area (Å²) >= 11 is 6.06. The van der Waals surface area contributed by atoms with Gasteiger partial charge in [-0.25, -0.2) is 0 Å². The van der Waals surface area contributed by atoms with Crippen molar-refractivity contribution in [3.63, 3.8) is 0 Å². The molecule has 0 spiro atoms. The Morgan fingerprint density at radius 1 is 1.35 bits per heavy atom. The van der Waals surface area contributed by atoms with Crippen molar-refractivity contribution in [2.75, 3.05) is 0 Å². The van der Waals surface area contributed by atoms with Gasteiger partial charge < -0.3 is 5.73 Å². The van der Waals surface area contributed by atoms with Gasteiger partial charge >= 0.3 is 0 Å². The molecular weight excluding hydrogens is 234 g/mol. The number of hydrogen-bond donors (Lipinski definition) is 1. The third kappa shape index (κ3) is 1.65. The van der Waals surface area contributed by atoms with Crippen molar-refractivity contribution < 1.29 is 0 Å². The highest BCUT2D eigenvalue weighted by molar-refractivity contribution is 6.34. The Kier molecular flexibility index (Phi) is 2.42. The minimum atomic E-state index is -0.148. The number of aryl methyl sites for hydroxylation is 1. The van der Waals surface area contributed by atoms with E-state index in [4.69, 9.17) is 17.3 Å². The van der Waals surface area contributed by atoms with Crippen LogP contribution in [0.4, 0.5) is 0 Å². The van der Waals surface area contributed by atoms with Crippen LogP contribution in [0.3, 0.4) is 0 Å². The summed E-state index contributed by atoms with van der Waals surface area (Å²) in [6.07, 6.45) is 4.59. The Bertz CT molecular complexity index is 567. The van der Waals surface area contributed by atoms with Crippen LogP contribution in [0, 0.1) is 0 Å². The van der Waals surface area contributed by atoms with Crippen LogP contribution in [-0.4, -0.2) is 9.78 Å². The van der Waals surface area contributed by atoms with E-state index in [2.05, 4.69) is 17.2 Å². The maximum absolute atomic E-state index is 6.47. The minimum Gasteiger partial charge on any atom is -0.321 e. The molecule has 2 N–H and O–H groups in total. The van der Waals surface area contributed by atoms with Gasteiger partial charge in [-0.05, 0) is 30.5 Å². The summed E-state index contributed by atoms with van der Waals surface area (Å²) in [5.41, 5.74) is 8.59. The lowest BCUT2D eigenvalue weighted by Gasteiger charge is -2.24. The molecule has 0 unspecified atom stereocenters. The fourth-order valence-electron chi connectivity index (χ4n) is 2.82. The standard InChI is InChI=1S/C13H16ClN3/c1-17-11-8-9(13(15)6-2-3-7-13)4-5-10(11)12(14)16-17/h4-5,8H,2-3,6-7,15H2,1H3. The number of rotatable bonds is 1. The maximum atomic E-state index is 6.47. The highest BCUT2D eigenvalue weighted by Gasteiger charge is 2.31. The average Bonchev–Trinajstić information content (AvgIpc) is 2.86. The van der Waals surface area contributed by atoms with Gasteiger partial charge in [0.15, 0.2) is 5.15 Å². The third-order valence-electron chi connectivity index (χ3n) is 3.88. The van der Waals surface area contributed by atoms with E-state index in [9.17, 15) is 0 Å². The van der Waals surface area contributed by atoms with Crippen molar-refractivity contribution in [2.24, 2.45) is 12.8 Å². The normalized spacial score (nSPS) is 19.0. The lowest BCUT2D eigenvalue weighted by molar-refractivity contribution is 0.462. The quantitative estimate of drug-likeness (QED) is 0.845. The van der Waals surface area contributed by atoms with Gasteiger partial charge in [0.1, 0.15) is 0 Å². The average molecular weight is 250 g/mol. The van der Waals surface area contributed by atoms with Crippen LogP contribution in [0.1, 0.15) is 31.2 Å². The van der Waals surface area contributed by atoms with Crippen molar-refractivity contribution in [1.82, 2.24) is 9.78 Å². The van der Waals surface area contributed by atoms with Crippen LogP contribution < -0.4 is 5.73 Å². The van der Waals surface area contributed by atoms with Crippen LogP contribution in [0.25, 0.3) is 10.9 Å². The molecule has 0 aliphatic heterocycles. The Hall–Kier alpha value is -1.06. The molecule has 1 heterocycles. The molecule has 1 aliphatic carbocycles. The molecule has 1 aromatic carbocycles. The second-order valence-corrected chi connectivity index (χ2v) is 5.37. The summed E-state index contributed by atoms with van der Waals surface area (Å²) in [7, 11) is 1.91. The van der Waals surface area contributed by atoms with Gasteiger partial charge in [-0.1, -0.05) is 30.5 Å². The fourth-order valence-corrected chi connectivity index (χ4v) is 3.09. The van der Waals surface area contributed by atoms with Gasteiger partial charge in [0.05, 0.1) is 5.52 Å². The predicted octanol–water partition coefficient (Wildman–Crippen LogP) is 2.95. The Morgan fingerprint density at radius 3 is 2.76 bits per heavy atom. The van der Waals surface area contributed by atoms with Crippen LogP contribution >= 0.6 is 11.6 Å². The van der Waals surface area contributed by atoms with Crippen molar-refractivity contribution in [3.05, 3.63) is 28.9 Å². The maximum Gasteiger partial charge on any atom is 0.158 e. The second kappa shape index (κ2) is 3.72. The molecule has 17 heavy (non-hydrogen) atoms. The highest BCUT2D eigenvalue weighted by Crippen LogP contribution is 2.37. The number of halogens is 1. The molecule has 90 valence electrons. The molecule has 1 fully saturated rings. The van der Waals surface area contributed by atoms with Gasteiger partial charge in [-0.3, -0.25) is 4.68 Å². The van der Waals surface area contributed by atoms with Crippen LogP contribution in [0.5, 0.6) is 0 Å². The van der Waals surface area contributed by atoms with Gasteiger partial charge in [0, 0.05) is 18.0 Å². The predicted molar refractivity (Wildman–Crippen MR) is 70.1 cm³/mol. The molecule has 0 bridgehead atoms. The van der Waals surface area contributed by atoms with E-state index < -0.39 is 0 Å². The molecule has 0 radical (unpaired) electrons. The summed E-state index contributed by atoms with van der Waals surface area (Å²) in [4.78, 5) is 0. The smallest absolute Gasteiger partial charge is 0.158 e. The summed E-state index contributed by atoms with van der Waals surface area (Å²) in [5, 5.41) is 5.78. The molecule has 0 amide bonds. The Morgan fingerprint density at radius 2 is 2.06 bits per heavy atom. The van der Waals surface area contributed by atoms with Crippen LogP contribution in [0.2, 0.25) is 5.15 Å². The monoisotopic (exact) mass is 249 g/mol. The van der Waals surface area contributed by atoms with E-state index in [1.165, 1.54) is 18.4 Å². The van der Waals surface area contributed by atoms with Gasteiger partial charge in [-0.2, -0.15) is 5.10 Å². The molecule has 1 saturated carbocycles. The lowest BCUT2D eigenvalue weighted by Crippen LogP contribution is -2.32. The highest BCUT2D eigenvalue weighted by atomic mass is 35.5. The first-order valence-corrected chi connectivity index (χ1v) is 6.40. The zero-order valence-corrected chi connectivity index (χ0v) is 10.7. The van der Waals surface area contributed by atoms with Crippen molar-refractivity contribution in [1.29, 1.82) is 0 Å². The van der Waals surface area contributed by atoms with Gasteiger partial charge in [-0.15, -0.1) is 0 Å². The zero-order chi connectivity index (χ0) is 12.0. The topological polar surface area (TPSA) is 43.8 Å². The van der Waals surface area contributed by atoms with Crippen molar-refractivity contribution in [3.8, 4) is 0 Å². The molecular formula is C13H16ClN3. The zero-order valence-electron chi connectivity index (χ0n) is 9.91. The summed E-state index contributed by atoms with van der Waals surface area (Å²) in [5.74, 6) is 0. The molecule has 2 aromatic rings. The molecule has 1 aliphatic rings. The number of nitrogens with zero attached hydrogens (tertiary/aromatic N) is 2. The van der Waals surface area contributed by atoms with E-state index in [0.29, 0.717) is 5.15 Å². The largest absolute Gasteiger partial charge is 0.321 e. The molecule has 0 saturated heterocycles. The number of hydrogen-bond acceptors (Lipinski definition) is 2. The van der Waals surface area contributed by atoms with Crippen LogP contribution in [-0.2, 0) is 12.6 Å². The third-order valence-corrected chi connectivity index (χ3v) is 4.16. The summed E-state index contributed by atoms with van der Waals surface area (Å²) in [6, 6.07) is 6.27. The number of aromatic nitrogens is 2. The molecule has 4 heteroatoms.